The Hall–Kier alpha value is -1.09. The summed E-state index contributed by atoms with van der Waals surface area (Å²) < 4.78 is 32.2. The van der Waals surface area contributed by atoms with Crippen molar-refractivity contribution < 1.29 is 13.2 Å². The fraction of sp³-hybridized carbons (Fsp3) is 0.500. The topological polar surface area (TPSA) is 85.5 Å². The summed E-state index contributed by atoms with van der Waals surface area (Å²) in [6.07, 6.45) is 3.20. The zero-order chi connectivity index (χ0) is 14.3. The van der Waals surface area contributed by atoms with Crippen molar-refractivity contribution >= 4 is 27.2 Å². The quantitative estimate of drug-likeness (QED) is 0.806. The van der Waals surface area contributed by atoms with Crippen molar-refractivity contribution in [3.63, 3.8) is 0 Å². The molecule has 3 rings (SSSR count). The highest BCUT2D eigenvalue weighted by atomic mass is 32.2. The van der Waals surface area contributed by atoms with Crippen molar-refractivity contribution in [2.24, 2.45) is 5.73 Å². The van der Waals surface area contributed by atoms with Crippen LogP contribution in [0, 0.1) is 0 Å². The minimum absolute atomic E-state index is 0.0207. The van der Waals surface area contributed by atoms with E-state index in [0.717, 1.165) is 12.8 Å². The number of nitrogens with two attached hydrogens (primary N) is 1. The second-order valence-electron chi connectivity index (χ2n) is 5.02. The number of nitrogens with zero attached hydrogens (tertiary/aromatic N) is 2. The van der Waals surface area contributed by atoms with Crippen molar-refractivity contribution in [2.75, 3.05) is 13.1 Å². The maximum Gasteiger partial charge on any atom is 0.244 e. The lowest BCUT2D eigenvalue weighted by atomic mass is 10.2. The van der Waals surface area contributed by atoms with Crippen LogP contribution in [0.1, 0.15) is 18.5 Å². The van der Waals surface area contributed by atoms with E-state index in [-0.39, 0.29) is 22.1 Å². The molecule has 0 radical (unpaired) electrons. The molecule has 2 aliphatic rings. The van der Waals surface area contributed by atoms with Gasteiger partial charge < -0.3 is 10.5 Å². The summed E-state index contributed by atoms with van der Waals surface area (Å²) in [4.78, 5) is 4.31. The number of fused-ring (bicyclic) bond motifs is 2. The predicted octanol–water partition coefficient (Wildman–Crippen LogP) is 0.268. The highest BCUT2D eigenvalue weighted by molar-refractivity contribution is 7.89. The normalized spacial score (nSPS) is 26.6. The molecule has 108 valence electrons. The lowest BCUT2D eigenvalue weighted by Crippen LogP contribution is -2.45. The largest absolute Gasteiger partial charge is 0.388 e. The van der Waals surface area contributed by atoms with E-state index in [1.165, 1.54) is 22.6 Å². The van der Waals surface area contributed by atoms with Crippen LogP contribution < -0.4 is 5.73 Å². The first kappa shape index (κ1) is 13.9. The summed E-state index contributed by atoms with van der Waals surface area (Å²) in [5, 5.41) is 0. The van der Waals surface area contributed by atoms with Crippen LogP contribution in [-0.2, 0) is 14.8 Å². The number of morpholine rings is 1. The summed E-state index contributed by atoms with van der Waals surface area (Å²) in [7, 11) is -3.52. The smallest absolute Gasteiger partial charge is 0.244 e. The third-order valence-corrected chi connectivity index (χ3v) is 5.66. The Balaban J connectivity index is 1.86. The molecule has 0 saturated carbocycles. The van der Waals surface area contributed by atoms with Crippen LogP contribution in [0.3, 0.4) is 0 Å². The van der Waals surface area contributed by atoms with E-state index in [0.29, 0.717) is 18.8 Å². The van der Waals surface area contributed by atoms with Crippen LogP contribution in [0.5, 0.6) is 0 Å². The molecule has 8 heteroatoms. The van der Waals surface area contributed by atoms with E-state index in [9.17, 15) is 8.42 Å². The molecule has 1 aromatic rings. The molecular weight excluding hydrogens is 298 g/mol. The first-order valence-corrected chi connectivity index (χ1v) is 8.23. The SMILES string of the molecule is NC(=S)c1ccc(S(=O)(=O)N2CC3CCC(C2)O3)cn1. The monoisotopic (exact) mass is 313 g/mol. The van der Waals surface area contributed by atoms with Crippen molar-refractivity contribution in [1.82, 2.24) is 9.29 Å². The van der Waals surface area contributed by atoms with E-state index >= 15 is 0 Å². The molecule has 0 aromatic carbocycles. The zero-order valence-corrected chi connectivity index (χ0v) is 12.4. The lowest BCUT2D eigenvalue weighted by Gasteiger charge is -2.31. The average Bonchev–Trinajstić information content (AvgIpc) is 2.77. The Labute approximate surface area is 123 Å². The van der Waals surface area contributed by atoms with Crippen molar-refractivity contribution in [3.8, 4) is 0 Å². The number of hydrogen-bond acceptors (Lipinski definition) is 5. The van der Waals surface area contributed by atoms with Crippen molar-refractivity contribution in [1.29, 1.82) is 0 Å². The number of aromatic nitrogens is 1. The van der Waals surface area contributed by atoms with Crippen LogP contribution in [0.25, 0.3) is 0 Å². The molecule has 2 fully saturated rings. The fourth-order valence-electron chi connectivity index (χ4n) is 2.60. The fourth-order valence-corrected chi connectivity index (χ4v) is 4.17. The molecule has 6 nitrogen and oxygen atoms in total. The van der Waals surface area contributed by atoms with Gasteiger partial charge in [0.25, 0.3) is 0 Å². The van der Waals surface area contributed by atoms with Gasteiger partial charge in [-0.2, -0.15) is 4.31 Å². The van der Waals surface area contributed by atoms with Crippen molar-refractivity contribution in [3.05, 3.63) is 24.0 Å². The highest BCUT2D eigenvalue weighted by Crippen LogP contribution is 2.29. The maximum absolute atomic E-state index is 12.6. The highest BCUT2D eigenvalue weighted by Gasteiger charge is 2.39. The molecule has 2 aliphatic heterocycles. The Bertz CT molecular complexity index is 618. The van der Waals surface area contributed by atoms with Gasteiger partial charge in [-0.25, -0.2) is 8.42 Å². The molecule has 0 spiro atoms. The van der Waals surface area contributed by atoms with E-state index in [4.69, 9.17) is 22.7 Å². The van der Waals surface area contributed by atoms with Gasteiger partial charge >= 0.3 is 0 Å². The number of ether oxygens (including phenoxy) is 1. The first-order chi connectivity index (χ1) is 9.46. The summed E-state index contributed by atoms with van der Waals surface area (Å²) in [6, 6.07) is 3.03. The first-order valence-electron chi connectivity index (χ1n) is 6.38. The van der Waals surface area contributed by atoms with Crippen LogP contribution in [0.4, 0.5) is 0 Å². The van der Waals surface area contributed by atoms with Gasteiger partial charge in [0.15, 0.2) is 0 Å². The molecule has 0 amide bonds. The molecule has 1 aromatic heterocycles. The van der Waals surface area contributed by atoms with Gasteiger partial charge in [0, 0.05) is 19.3 Å². The van der Waals surface area contributed by atoms with Crippen LogP contribution in [0.2, 0.25) is 0 Å². The van der Waals surface area contributed by atoms with Gasteiger partial charge in [-0.3, -0.25) is 4.98 Å². The van der Waals surface area contributed by atoms with Crippen molar-refractivity contribution in [2.45, 2.75) is 29.9 Å². The van der Waals surface area contributed by atoms with Crippen LogP contribution >= 0.6 is 12.2 Å². The lowest BCUT2D eigenvalue weighted by molar-refractivity contribution is -0.0114. The standard InChI is InChI=1S/C12H15N3O3S2/c13-12(19)11-4-3-10(5-14-11)20(16,17)15-6-8-1-2-9(7-15)18-8/h3-5,8-9H,1-2,6-7H2,(H2,13,19). The Morgan fingerprint density at radius 2 is 2.00 bits per heavy atom. The van der Waals surface area contributed by atoms with Gasteiger partial charge in [0.2, 0.25) is 10.0 Å². The minimum atomic E-state index is -3.52. The third-order valence-electron chi connectivity index (χ3n) is 3.64. The molecule has 0 aliphatic carbocycles. The van der Waals surface area contributed by atoms with Gasteiger partial charge in [0.1, 0.15) is 9.88 Å². The molecule has 2 saturated heterocycles. The summed E-state index contributed by atoms with van der Waals surface area (Å²) in [6.45, 7) is 0.825. The number of sulfonamides is 1. The molecule has 20 heavy (non-hydrogen) atoms. The molecule has 2 unspecified atom stereocenters. The minimum Gasteiger partial charge on any atom is -0.388 e. The van der Waals surface area contributed by atoms with Gasteiger partial charge in [-0.05, 0) is 25.0 Å². The number of thiocarbonyl (C=S) groups is 1. The zero-order valence-electron chi connectivity index (χ0n) is 10.7. The molecule has 3 heterocycles. The van der Waals surface area contributed by atoms with Gasteiger partial charge in [0.05, 0.1) is 17.9 Å². The second-order valence-corrected chi connectivity index (χ2v) is 7.40. The van der Waals surface area contributed by atoms with Crippen LogP contribution in [-0.4, -0.2) is 48.0 Å². The second kappa shape index (κ2) is 5.03. The Morgan fingerprint density at radius 1 is 1.35 bits per heavy atom. The summed E-state index contributed by atoms with van der Waals surface area (Å²) in [5.74, 6) is 0. The van der Waals surface area contributed by atoms with Crippen LogP contribution in [0.15, 0.2) is 23.2 Å². The van der Waals surface area contributed by atoms with E-state index in [2.05, 4.69) is 4.98 Å². The number of pyridine rings is 1. The maximum atomic E-state index is 12.6. The molecule has 2 atom stereocenters. The Kier molecular flexibility index (Phi) is 3.49. The molecule has 2 bridgehead atoms. The van der Waals surface area contributed by atoms with E-state index in [1.807, 2.05) is 0 Å². The van der Waals surface area contributed by atoms with E-state index in [1.54, 1.807) is 0 Å². The third kappa shape index (κ3) is 2.44. The number of rotatable bonds is 3. The summed E-state index contributed by atoms with van der Waals surface area (Å²) in [5.41, 5.74) is 5.87. The van der Waals surface area contributed by atoms with Gasteiger partial charge in [-0.1, -0.05) is 12.2 Å². The van der Waals surface area contributed by atoms with E-state index < -0.39 is 10.0 Å². The predicted molar refractivity (Wildman–Crippen MR) is 76.8 cm³/mol. The Morgan fingerprint density at radius 3 is 2.50 bits per heavy atom. The molecular formula is C12H15N3O3S2. The number of hydrogen-bond donors (Lipinski definition) is 1. The average molecular weight is 313 g/mol. The molecule has 2 N–H and O–H groups in total. The van der Waals surface area contributed by atoms with Gasteiger partial charge in [-0.15, -0.1) is 0 Å². The summed E-state index contributed by atoms with van der Waals surface area (Å²) >= 11 is 4.80.